The summed E-state index contributed by atoms with van der Waals surface area (Å²) in [6.45, 7) is 8.45. The molecule has 2 aromatic rings. The van der Waals surface area contributed by atoms with Gasteiger partial charge >= 0.3 is 0 Å². The maximum atomic E-state index is 4.09. The molecule has 1 atom stereocenters. The van der Waals surface area contributed by atoms with Gasteiger partial charge in [0.05, 0.1) is 12.7 Å². The molecule has 2 heterocycles. The van der Waals surface area contributed by atoms with E-state index < -0.39 is 0 Å². The quantitative estimate of drug-likeness (QED) is 0.847. The molecule has 0 spiro atoms. The SMILES string of the molecule is CC(C)(C)C(Cn1ccnc1)NCc1cnc[nH]1. The molecule has 0 amide bonds. The van der Waals surface area contributed by atoms with Gasteiger partial charge in [0.25, 0.3) is 0 Å². The minimum atomic E-state index is 0.185. The minimum absolute atomic E-state index is 0.185. The topological polar surface area (TPSA) is 58.5 Å². The summed E-state index contributed by atoms with van der Waals surface area (Å²) < 4.78 is 2.11. The molecule has 0 saturated carbocycles. The van der Waals surface area contributed by atoms with Crippen molar-refractivity contribution >= 4 is 0 Å². The number of imidazole rings is 2. The molecule has 0 aliphatic heterocycles. The maximum Gasteiger partial charge on any atom is 0.0946 e. The van der Waals surface area contributed by atoms with Gasteiger partial charge in [0.1, 0.15) is 0 Å². The summed E-state index contributed by atoms with van der Waals surface area (Å²) in [6.07, 6.45) is 9.23. The van der Waals surface area contributed by atoms with E-state index in [1.807, 2.05) is 24.9 Å². The largest absolute Gasteiger partial charge is 0.347 e. The molecule has 0 radical (unpaired) electrons. The van der Waals surface area contributed by atoms with Crippen molar-refractivity contribution in [2.45, 2.75) is 39.9 Å². The molecule has 98 valence electrons. The van der Waals surface area contributed by atoms with Gasteiger partial charge in [-0.2, -0.15) is 0 Å². The number of aromatic amines is 1. The van der Waals surface area contributed by atoms with Crippen LogP contribution in [-0.4, -0.2) is 25.6 Å². The Bertz CT molecular complexity index is 438. The lowest BCUT2D eigenvalue weighted by Crippen LogP contribution is -2.43. The van der Waals surface area contributed by atoms with E-state index in [0.717, 1.165) is 18.8 Å². The predicted molar refractivity (Wildman–Crippen MR) is 70.9 cm³/mol. The molecular formula is C13H21N5. The van der Waals surface area contributed by atoms with E-state index >= 15 is 0 Å². The van der Waals surface area contributed by atoms with Crippen molar-refractivity contribution in [1.29, 1.82) is 0 Å². The standard InChI is InChI=1S/C13H21N5/c1-13(2,3)12(8-18-5-4-14-10-18)16-7-11-6-15-9-17-11/h4-6,9-10,12,16H,7-8H2,1-3H3,(H,15,17). The monoisotopic (exact) mass is 247 g/mol. The van der Waals surface area contributed by atoms with Gasteiger partial charge in [-0.3, -0.25) is 0 Å². The summed E-state index contributed by atoms with van der Waals surface area (Å²) in [5, 5.41) is 3.58. The Morgan fingerprint density at radius 3 is 2.78 bits per heavy atom. The number of H-pyrrole nitrogens is 1. The van der Waals surface area contributed by atoms with Crippen LogP contribution >= 0.6 is 0 Å². The van der Waals surface area contributed by atoms with Crippen LogP contribution in [-0.2, 0) is 13.1 Å². The first kappa shape index (κ1) is 12.8. The summed E-state index contributed by atoms with van der Waals surface area (Å²) in [7, 11) is 0. The van der Waals surface area contributed by atoms with Gasteiger partial charge < -0.3 is 14.9 Å². The van der Waals surface area contributed by atoms with Crippen molar-refractivity contribution in [1.82, 2.24) is 24.8 Å². The Morgan fingerprint density at radius 2 is 2.22 bits per heavy atom. The fourth-order valence-electron chi connectivity index (χ4n) is 1.86. The smallest absolute Gasteiger partial charge is 0.0946 e. The average molecular weight is 247 g/mol. The van der Waals surface area contributed by atoms with Gasteiger partial charge in [-0.05, 0) is 5.41 Å². The average Bonchev–Trinajstić information content (AvgIpc) is 2.95. The third-order valence-electron chi connectivity index (χ3n) is 3.09. The van der Waals surface area contributed by atoms with Crippen molar-refractivity contribution in [3.05, 3.63) is 36.9 Å². The molecule has 0 saturated heterocycles. The molecule has 5 nitrogen and oxygen atoms in total. The molecular weight excluding hydrogens is 226 g/mol. The highest BCUT2D eigenvalue weighted by atomic mass is 15.1. The fraction of sp³-hybridized carbons (Fsp3) is 0.538. The van der Waals surface area contributed by atoms with Crippen LogP contribution < -0.4 is 5.32 Å². The second-order valence-electron chi connectivity index (χ2n) is 5.64. The van der Waals surface area contributed by atoms with Crippen LogP contribution in [0.25, 0.3) is 0 Å². The van der Waals surface area contributed by atoms with E-state index in [4.69, 9.17) is 0 Å². The molecule has 18 heavy (non-hydrogen) atoms. The summed E-state index contributed by atoms with van der Waals surface area (Å²) in [4.78, 5) is 11.2. The lowest BCUT2D eigenvalue weighted by molar-refractivity contribution is 0.239. The molecule has 2 N–H and O–H groups in total. The zero-order valence-electron chi connectivity index (χ0n) is 11.2. The third-order valence-corrected chi connectivity index (χ3v) is 3.09. The van der Waals surface area contributed by atoms with Crippen LogP contribution in [0.1, 0.15) is 26.5 Å². The zero-order chi connectivity index (χ0) is 13.0. The molecule has 1 unspecified atom stereocenters. The second-order valence-corrected chi connectivity index (χ2v) is 5.64. The van der Waals surface area contributed by atoms with Crippen LogP contribution in [0.3, 0.4) is 0 Å². The molecule has 0 bridgehead atoms. The normalized spacial score (nSPS) is 13.7. The fourth-order valence-corrected chi connectivity index (χ4v) is 1.86. The number of nitrogens with one attached hydrogen (secondary N) is 2. The number of hydrogen-bond acceptors (Lipinski definition) is 3. The molecule has 0 aliphatic carbocycles. The van der Waals surface area contributed by atoms with Crippen molar-refractivity contribution in [2.75, 3.05) is 0 Å². The number of aromatic nitrogens is 4. The van der Waals surface area contributed by atoms with Gasteiger partial charge in [-0.1, -0.05) is 20.8 Å². The molecule has 0 fully saturated rings. The van der Waals surface area contributed by atoms with E-state index in [9.17, 15) is 0 Å². The van der Waals surface area contributed by atoms with Crippen LogP contribution in [0, 0.1) is 5.41 Å². The summed E-state index contributed by atoms with van der Waals surface area (Å²) in [5.74, 6) is 0. The van der Waals surface area contributed by atoms with Gasteiger partial charge in [0, 0.05) is 43.4 Å². The van der Waals surface area contributed by atoms with E-state index in [1.54, 1.807) is 6.33 Å². The van der Waals surface area contributed by atoms with E-state index in [2.05, 4.69) is 45.6 Å². The van der Waals surface area contributed by atoms with E-state index in [1.165, 1.54) is 0 Å². The number of hydrogen-bond donors (Lipinski definition) is 2. The zero-order valence-corrected chi connectivity index (χ0v) is 11.2. The lowest BCUT2D eigenvalue weighted by atomic mass is 9.86. The lowest BCUT2D eigenvalue weighted by Gasteiger charge is -2.31. The van der Waals surface area contributed by atoms with Crippen LogP contribution in [0.5, 0.6) is 0 Å². The molecule has 0 aliphatic rings. The summed E-state index contributed by atoms with van der Waals surface area (Å²) in [5.41, 5.74) is 1.29. The van der Waals surface area contributed by atoms with Gasteiger partial charge in [0.2, 0.25) is 0 Å². The highest BCUT2D eigenvalue weighted by Gasteiger charge is 2.24. The highest BCUT2D eigenvalue weighted by Crippen LogP contribution is 2.21. The Kier molecular flexibility index (Phi) is 3.81. The summed E-state index contributed by atoms with van der Waals surface area (Å²) in [6, 6.07) is 0.370. The predicted octanol–water partition coefficient (Wildman–Crippen LogP) is 1.81. The highest BCUT2D eigenvalue weighted by molar-refractivity contribution is 4.95. The molecule has 2 rings (SSSR count). The third kappa shape index (κ3) is 3.43. The first-order valence-corrected chi connectivity index (χ1v) is 6.22. The second kappa shape index (κ2) is 5.35. The van der Waals surface area contributed by atoms with Crippen molar-refractivity contribution in [3.8, 4) is 0 Å². The van der Waals surface area contributed by atoms with Crippen molar-refractivity contribution in [3.63, 3.8) is 0 Å². The molecule has 0 aromatic carbocycles. The van der Waals surface area contributed by atoms with E-state index in [-0.39, 0.29) is 5.41 Å². The van der Waals surface area contributed by atoms with Crippen LogP contribution in [0.2, 0.25) is 0 Å². The Hall–Kier alpha value is -1.62. The van der Waals surface area contributed by atoms with E-state index in [0.29, 0.717) is 6.04 Å². The Morgan fingerprint density at radius 1 is 1.39 bits per heavy atom. The number of rotatable bonds is 5. The van der Waals surface area contributed by atoms with Gasteiger partial charge in [0.15, 0.2) is 0 Å². The first-order chi connectivity index (χ1) is 8.55. The molecule has 2 aromatic heterocycles. The van der Waals surface area contributed by atoms with Crippen molar-refractivity contribution in [2.24, 2.45) is 5.41 Å². The number of nitrogens with zero attached hydrogens (tertiary/aromatic N) is 3. The van der Waals surface area contributed by atoms with Gasteiger partial charge in [-0.25, -0.2) is 9.97 Å². The summed E-state index contributed by atoms with van der Waals surface area (Å²) >= 11 is 0. The Balaban J connectivity index is 1.97. The van der Waals surface area contributed by atoms with Gasteiger partial charge in [-0.15, -0.1) is 0 Å². The van der Waals surface area contributed by atoms with Crippen molar-refractivity contribution < 1.29 is 0 Å². The Labute approximate surface area is 108 Å². The van der Waals surface area contributed by atoms with Crippen LogP contribution in [0.4, 0.5) is 0 Å². The maximum absolute atomic E-state index is 4.09. The molecule has 5 heteroatoms. The minimum Gasteiger partial charge on any atom is -0.347 e. The van der Waals surface area contributed by atoms with Crippen LogP contribution in [0.15, 0.2) is 31.2 Å². The first-order valence-electron chi connectivity index (χ1n) is 6.22.